The Kier molecular flexibility index (Phi) is 5.01. The lowest BCUT2D eigenvalue weighted by Crippen LogP contribution is -2.51. The lowest BCUT2D eigenvalue weighted by Gasteiger charge is -2.30. The van der Waals surface area contributed by atoms with Gasteiger partial charge >= 0.3 is 6.09 Å². The van der Waals surface area contributed by atoms with E-state index in [4.69, 9.17) is 0 Å². The van der Waals surface area contributed by atoms with E-state index < -0.39 is 0 Å². The molecule has 5 heteroatoms. The third-order valence-corrected chi connectivity index (χ3v) is 1.80. The number of halogens is 1. The Bertz CT molecular complexity index is 154. The Morgan fingerprint density at radius 3 is 2.83 bits per heavy atom. The van der Waals surface area contributed by atoms with Crippen molar-refractivity contribution in [2.45, 2.75) is 13.0 Å². The lowest BCUT2D eigenvalue weighted by molar-refractivity contribution is 0.111. The van der Waals surface area contributed by atoms with E-state index in [1.807, 2.05) is 0 Å². The quantitative estimate of drug-likeness (QED) is 0.610. The van der Waals surface area contributed by atoms with Gasteiger partial charge in [0.1, 0.15) is 0 Å². The van der Waals surface area contributed by atoms with Crippen LogP contribution < -0.4 is 5.32 Å². The zero-order valence-corrected chi connectivity index (χ0v) is 8.19. The standard InChI is InChI=1S/C7H14N2O2.ClH/c1-6-5-9(4-3-8-6)7(10)11-2;/h6,8H,3-5H2,1-2H3;1H. The van der Waals surface area contributed by atoms with E-state index in [9.17, 15) is 4.79 Å². The van der Waals surface area contributed by atoms with Crippen LogP contribution in [0.2, 0.25) is 0 Å². The first-order valence-corrected chi connectivity index (χ1v) is 3.80. The highest BCUT2D eigenvalue weighted by molar-refractivity contribution is 5.85. The number of nitrogens with zero attached hydrogens (tertiary/aromatic N) is 1. The zero-order valence-electron chi connectivity index (χ0n) is 7.37. The maximum Gasteiger partial charge on any atom is 0.409 e. The van der Waals surface area contributed by atoms with E-state index in [0.717, 1.165) is 19.6 Å². The van der Waals surface area contributed by atoms with Gasteiger partial charge in [-0.25, -0.2) is 4.79 Å². The number of rotatable bonds is 0. The predicted molar refractivity (Wildman–Crippen MR) is 48.7 cm³/mol. The molecule has 0 aliphatic carbocycles. The van der Waals surface area contributed by atoms with Crippen molar-refractivity contribution in [2.75, 3.05) is 26.7 Å². The van der Waals surface area contributed by atoms with Crippen molar-refractivity contribution >= 4 is 18.5 Å². The van der Waals surface area contributed by atoms with Crippen molar-refractivity contribution < 1.29 is 9.53 Å². The molecule has 1 amide bonds. The number of hydrogen-bond acceptors (Lipinski definition) is 3. The molecule has 1 aliphatic rings. The SMILES string of the molecule is COC(=O)N1CCNC(C)C1.Cl. The van der Waals surface area contributed by atoms with Gasteiger partial charge < -0.3 is 15.0 Å². The molecule has 4 nitrogen and oxygen atoms in total. The van der Waals surface area contributed by atoms with E-state index >= 15 is 0 Å². The molecule has 1 fully saturated rings. The topological polar surface area (TPSA) is 41.6 Å². The van der Waals surface area contributed by atoms with Gasteiger partial charge in [-0.3, -0.25) is 0 Å². The second-order valence-corrected chi connectivity index (χ2v) is 2.77. The number of amides is 1. The number of ether oxygens (including phenoxy) is 1. The Labute approximate surface area is 78.7 Å². The molecule has 1 N–H and O–H groups in total. The molecule has 0 bridgehead atoms. The Balaban J connectivity index is 0.00000121. The molecule has 0 radical (unpaired) electrons. The average Bonchev–Trinajstić information content (AvgIpc) is 2.03. The molecule has 0 aromatic heterocycles. The fourth-order valence-corrected chi connectivity index (χ4v) is 1.23. The summed E-state index contributed by atoms with van der Waals surface area (Å²) in [6.45, 7) is 4.40. The van der Waals surface area contributed by atoms with Crippen molar-refractivity contribution in [1.82, 2.24) is 10.2 Å². The summed E-state index contributed by atoms with van der Waals surface area (Å²) in [5.41, 5.74) is 0. The molecule has 1 unspecified atom stereocenters. The number of methoxy groups -OCH3 is 1. The number of nitrogens with one attached hydrogen (secondary N) is 1. The molecule has 1 aliphatic heterocycles. The van der Waals surface area contributed by atoms with Gasteiger partial charge in [0.25, 0.3) is 0 Å². The molecule has 0 aromatic rings. The summed E-state index contributed by atoms with van der Waals surface area (Å²) in [6.07, 6.45) is -0.224. The summed E-state index contributed by atoms with van der Waals surface area (Å²) < 4.78 is 4.60. The summed E-state index contributed by atoms with van der Waals surface area (Å²) in [5, 5.41) is 3.24. The van der Waals surface area contributed by atoms with Crippen LogP contribution in [0.25, 0.3) is 0 Å². The molecule has 1 rings (SSSR count). The van der Waals surface area contributed by atoms with E-state index in [1.165, 1.54) is 7.11 Å². The van der Waals surface area contributed by atoms with Crippen molar-refractivity contribution in [2.24, 2.45) is 0 Å². The van der Waals surface area contributed by atoms with Crippen LogP contribution in [0.1, 0.15) is 6.92 Å². The van der Waals surface area contributed by atoms with Crippen molar-refractivity contribution in [3.63, 3.8) is 0 Å². The molecule has 1 saturated heterocycles. The molecule has 12 heavy (non-hydrogen) atoms. The molecular formula is C7H15ClN2O2. The van der Waals surface area contributed by atoms with Crippen molar-refractivity contribution in [3.05, 3.63) is 0 Å². The van der Waals surface area contributed by atoms with Gasteiger partial charge in [-0.05, 0) is 6.92 Å². The number of carbonyl (C=O) groups is 1. The Morgan fingerprint density at radius 1 is 1.67 bits per heavy atom. The first-order chi connectivity index (χ1) is 5.24. The van der Waals surface area contributed by atoms with Crippen molar-refractivity contribution in [1.29, 1.82) is 0 Å². The van der Waals surface area contributed by atoms with Crippen LogP contribution in [0.15, 0.2) is 0 Å². The molecule has 1 heterocycles. The molecule has 0 aromatic carbocycles. The van der Waals surface area contributed by atoms with Crippen LogP contribution in [0, 0.1) is 0 Å². The van der Waals surface area contributed by atoms with Gasteiger partial charge in [0.05, 0.1) is 7.11 Å². The zero-order chi connectivity index (χ0) is 8.27. The fourth-order valence-electron chi connectivity index (χ4n) is 1.23. The van der Waals surface area contributed by atoms with Crippen LogP contribution in [0.4, 0.5) is 4.79 Å². The highest BCUT2D eigenvalue weighted by Crippen LogP contribution is 1.99. The normalized spacial score (nSPS) is 22.8. The average molecular weight is 195 g/mol. The first kappa shape index (κ1) is 11.5. The van der Waals surface area contributed by atoms with E-state index in [2.05, 4.69) is 17.0 Å². The Morgan fingerprint density at radius 2 is 2.33 bits per heavy atom. The third-order valence-electron chi connectivity index (χ3n) is 1.80. The fraction of sp³-hybridized carbons (Fsp3) is 0.857. The van der Waals surface area contributed by atoms with Gasteiger partial charge in [0, 0.05) is 25.7 Å². The highest BCUT2D eigenvalue weighted by Gasteiger charge is 2.20. The maximum absolute atomic E-state index is 11.0. The molecular weight excluding hydrogens is 180 g/mol. The Hall–Kier alpha value is -0.480. The summed E-state index contributed by atoms with van der Waals surface area (Å²) in [6, 6.07) is 0.378. The third kappa shape index (κ3) is 2.87. The smallest absolute Gasteiger partial charge is 0.409 e. The highest BCUT2D eigenvalue weighted by atomic mass is 35.5. The number of hydrogen-bond donors (Lipinski definition) is 1. The predicted octanol–water partition coefficient (Wildman–Crippen LogP) is 0.468. The first-order valence-electron chi connectivity index (χ1n) is 3.80. The largest absolute Gasteiger partial charge is 0.453 e. The minimum absolute atomic E-state index is 0. The molecule has 1 atom stereocenters. The summed E-state index contributed by atoms with van der Waals surface area (Å²) in [5.74, 6) is 0. The molecule has 0 saturated carbocycles. The van der Waals surface area contributed by atoms with Gasteiger partial charge in [-0.2, -0.15) is 0 Å². The number of piperazine rings is 1. The van der Waals surface area contributed by atoms with Crippen LogP contribution in [0.3, 0.4) is 0 Å². The lowest BCUT2D eigenvalue weighted by atomic mass is 10.2. The molecule has 72 valence electrons. The van der Waals surface area contributed by atoms with Crippen LogP contribution in [-0.2, 0) is 4.74 Å². The van der Waals surface area contributed by atoms with Gasteiger partial charge in [0.15, 0.2) is 0 Å². The molecule has 0 spiro atoms. The second-order valence-electron chi connectivity index (χ2n) is 2.77. The van der Waals surface area contributed by atoms with Crippen LogP contribution in [0.5, 0.6) is 0 Å². The van der Waals surface area contributed by atoms with Gasteiger partial charge in [-0.1, -0.05) is 0 Å². The van der Waals surface area contributed by atoms with Crippen LogP contribution >= 0.6 is 12.4 Å². The van der Waals surface area contributed by atoms with E-state index in [0.29, 0.717) is 6.04 Å². The van der Waals surface area contributed by atoms with Gasteiger partial charge in [0.2, 0.25) is 0 Å². The summed E-state index contributed by atoms with van der Waals surface area (Å²) in [4.78, 5) is 12.7. The van der Waals surface area contributed by atoms with E-state index in [1.54, 1.807) is 4.90 Å². The number of carbonyl (C=O) groups excluding carboxylic acids is 1. The summed E-state index contributed by atoms with van der Waals surface area (Å²) >= 11 is 0. The minimum Gasteiger partial charge on any atom is -0.453 e. The maximum atomic E-state index is 11.0. The van der Waals surface area contributed by atoms with Crippen LogP contribution in [-0.4, -0.2) is 43.8 Å². The minimum atomic E-state index is -0.224. The second kappa shape index (κ2) is 5.22. The van der Waals surface area contributed by atoms with Crippen molar-refractivity contribution in [3.8, 4) is 0 Å². The van der Waals surface area contributed by atoms with E-state index in [-0.39, 0.29) is 18.5 Å². The van der Waals surface area contributed by atoms with Gasteiger partial charge in [-0.15, -0.1) is 12.4 Å². The monoisotopic (exact) mass is 194 g/mol. The summed E-state index contributed by atoms with van der Waals surface area (Å²) in [7, 11) is 1.41.